The smallest absolute Gasteiger partial charge is 0.187 e. The maximum absolute atomic E-state index is 12.4. The molecule has 21 atom stereocenters. The SMILES string of the molecule is C=C(C)[C@H](CC[C@](C)(O[C@@H]1O[C@H](CO[C@@H]2OC[C@H](O)[C@H](O)[C@H]2O)[C@@H](O)[C@H](O)[C@H]1O)[C@@H]1CC[C@]2(C)[C@H]1[C@H](O)C[C@H]1[C@@]3(C)CC[C@H](O)C(C)(C)[C@@H]3[C@@H](O)C[C@]12C)OO. The normalized spacial score (nSPS) is 51.9. The van der Waals surface area contributed by atoms with E-state index in [0.29, 0.717) is 37.7 Å². The molecule has 2 heterocycles. The summed E-state index contributed by atoms with van der Waals surface area (Å²) in [5.74, 6) is -0.764. The van der Waals surface area contributed by atoms with Crippen molar-refractivity contribution in [3.8, 4) is 0 Å². The average molecular weight is 803 g/mol. The highest BCUT2D eigenvalue weighted by molar-refractivity contribution is 5.22. The van der Waals surface area contributed by atoms with Crippen LogP contribution >= 0.6 is 0 Å². The summed E-state index contributed by atoms with van der Waals surface area (Å²) in [5.41, 5.74) is -2.32. The van der Waals surface area contributed by atoms with E-state index in [-0.39, 0.29) is 48.5 Å². The van der Waals surface area contributed by atoms with E-state index in [9.17, 15) is 51.2 Å². The van der Waals surface area contributed by atoms with Gasteiger partial charge in [0.25, 0.3) is 0 Å². The molecule has 2 saturated heterocycles. The minimum Gasteiger partial charge on any atom is -0.393 e. The second kappa shape index (κ2) is 15.9. The Hall–Kier alpha value is -0.860. The van der Waals surface area contributed by atoms with Crippen LogP contribution in [0, 0.1) is 45.3 Å². The molecule has 0 unspecified atom stereocenters. The number of fused-ring (bicyclic) bond motifs is 5. The Labute approximate surface area is 330 Å². The maximum atomic E-state index is 12.4. The number of aliphatic hydroxyl groups excluding tert-OH is 9. The molecule has 0 aromatic heterocycles. The summed E-state index contributed by atoms with van der Waals surface area (Å²) in [5, 5.41) is 109. The molecular formula is C41H70O15. The first-order valence-corrected chi connectivity index (χ1v) is 20.6. The maximum Gasteiger partial charge on any atom is 0.187 e. The molecule has 0 spiro atoms. The molecule has 0 aromatic rings. The fourth-order valence-electron chi connectivity index (χ4n) is 13.3. The minimum atomic E-state index is -1.73. The van der Waals surface area contributed by atoms with E-state index < -0.39 is 108 Å². The van der Waals surface area contributed by atoms with E-state index in [4.69, 9.17) is 23.8 Å². The van der Waals surface area contributed by atoms with Gasteiger partial charge in [0.1, 0.15) is 48.8 Å². The van der Waals surface area contributed by atoms with Crippen LogP contribution in [0.2, 0.25) is 0 Å². The van der Waals surface area contributed by atoms with Crippen LogP contribution in [0.15, 0.2) is 12.2 Å². The molecular weight excluding hydrogens is 732 g/mol. The van der Waals surface area contributed by atoms with Crippen molar-refractivity contribution in [1.29, 1.82) is 0 Å². The van der Waals surface area contributed by atoms with Crippen molar-refractivity contribution in [3.05, 3.63) is 12.2 Å². The highest BCUT2D eigenvalue weighted by Gasteiger charge is 2.73. The zero-order chi connectivity index (χ0) is 41.5. The zero-order valence-electron chi connectivity index (χ0n) is 34.1. The van der Waals surface area contributed by atoms with Gasteiger partial charge in [-0.25, -0.2) is 4.89 Å². The van der Waals surface area contributed by atoms with Crippen molar-refractivity contribution in [2.75, 3.05) is 13.2 Å². The molecule has 0 aromatic carbocycles. The predicted molar refractivity (Wildman–Crippen MR) is 199 cm³/mol. The molecule has 0 amide bonds. The molecule has 56 heavy (non-hydrogen) atoms. The summed E-state index contributed by atoms with van der Waals surface area (Å²) in [6.45, 7) is 17.6. The van der Waals surface area contributed by atoms with Crippen molar-refractivity contribution in [3.63, 3.8) is 0 Å². The standard InChI is InChI=1S/C41H70O15/c1-19(2)24(56-51)10-14-41(8,55-36-33(50)31(48)30(47)25(54-36)18-53-35-32(49)29(46)23(44)17-52-35)20-9-13-39(6)28(20)21(42)15-26-38(5)12-11-27(45)37(3,4)34(38)22(43)16-40(26,39)7/h20-36,42-51H,1,9-18H2,2-8H3/t20-,21-,22+,23+,24+,25-,26+,27+,28-,29+,30-,31+,32-,33-,34+,35+,36+,38-,39-,40-,41+/m1/s1. The van der Waals surface area contributed by atoms with Gasteiger partial charge >= 0.3 is 0 Å². The van der Waals surface area contributed by atoms with Crippen LogP contribution in [0.3, 0.4) is 0 Å². The van der Waals surface area contributed by atoms with Crippen LogP contribution in [0.4, 0.5) is 0 Å². The number of hydrogen-bond acceptors (Lipinski definition) is 15. The topological polar surface area (TPSA) is 248 Å². The van der Waals surface area contributed by atoms with Crippen molar-refractivity contribution >= 4 is 0 Å². The molecule has 4 saturated carbocycles. The lowest BCUT2D eigenvalue weighted by Crippen LogP contribution is -2.70. The second-order valence-corrected chi connectivity index (χ2v) is 20.0. The second-order valence-electron chi connectivity index (χ2n) is 20.0. The fourth-order valence-corrected chi connectivity index (χ4v) is 13.3. The molecule has 6 fully saturated rings. The summed E-state index contributed by atoms with van der Waals surface area (Å²) in [6.07, 6.45) is -12.2. The third kappa shape index (κ3) is 7.15. The van der Waals surface area contributed by atoms with Gasteiger partial charge in [-0.1, -0.05) is 41.2 Å². The van der Waals surface area contributed by atoms with Gasteiger partial charge in [0.05, 0.1) is 37.1 Å². The van der Waals surface area contributed by atoms with Gasteiger partial charge in [-0.05, 0) is 116 Å². The average Bonchev–Trinajstić information content (AvgIpc) is 3.51. The Kier molecular flexibility index (Phi) is 12.7. The van der Waals surface area contributed by atoms with E-state index in [1.165, 1.54) is 0 Å². The number of hydrogen-bond donors (Lipinski definition) is 10. The summed E-state index contributed by atoms with van der Waals surface area (Å²) >= 11 is 0. The first-order chi connectivity index (χ1) is 26.0. The van der Waals surface area contributed by atoms with E-state index in [0.717, 1.165) is 6.42 Å². The number of aliphatic hydroxyl groups is 9. The third-order valence-corrected chi connectivity index (χ3v) is 16.5. The van der Waals surface area contributed by atoms with Crippen LogP contribution in [0.25, 0.3) is 0 Å². The molecule has 2 aliphatic heterocycles. The van der Waals surface area contributed by atoms with Gasteiger partial charge in [0.2, 0.25) is 0 Å². The highest BCUT2D eigenvalue weighted by Crippen LogP contribution is 2.76. The Morgan fingerprint density at radius 3 is 2.12 bits per heavy atom. The molecule has 15 heteroatoms. The van der Waals surface area contributed by atoms with Crippen LogP contribution in [-0.4, -0.2) is 150 Å². The Morgan fingerprint density at radius 2 is 1.48 bits per heavy atom. The van der Waals surface area contributed by atoms with Crippen molar-refractivity contribution in [2.45, 2.75) is 185 Å². The van der Waals surface area contributed by atoms with E-state index in [1.807, 2.05) is 6.92 Å². The fraction of sp³-hybridized carbons (Fsp3) is 0.951. The van der Waals surface area contributed by atoms with Gasteiger partial charge in [-0.15, -0.1) is 0 Å². The highest BCUT2D eigenvalue weighted by atomic mass is 17.1. The third-order valence-electron chi connectivity index (χ3n) is 16.5. The Morgan fingerprint density at radius 1 is 0.821 bits per heavy atom. The Balaban J connectivity index is 1.29. The van der Waals surface area contributed by atoms with E-state index in [1.54, 1.807) is 6.92 Å². The molecule has 0 radical (unpaired) electrons. The van der Waals surface area contributed by atoms with Crippen LogP contribution < -0.4 is 0 Å². The molecule has 0 bridgehead atoms. The van der Waals surface area contributed by atoms with Crippen molar-refractivity contribution in [2.24, 2.45) is 45.3 Å². The molecule has 4 aliphatic carbocycles. The summed E-state index contributed by atoms with van der Waals surface area (Å²) in [4.78, 5) is 4.79. The molecule has 6 rings (SSSR count). The number of ether oxygens (including phenoxy) is 4. The zero-order valence-corrected chi connectivity index (χ0v) is 34.1. The molecule has 15 nitrogen and oxygen atoms in total. The van der Waals surface area contributed by atoms with E-state index >= 15 is 0 Å². The lowest BCUT2D eigenvalue weighted by Gasteiger charge is -2.71. The van der Waals surface area contributed by atoms with Crippen LogP contribution in [0.5, 0.6) is 0 Å². The monoisotopic (exact) mass is 802 g/mol. The molecule has 6 aliphatic rings. The van der Waals surface area contributed by atoms with Gasteiger partial charge in [-0.2, -0.15) is 0 Å². The minimum absolute atomic E-state index is 0.0601. The molecule has 10 N–H and O–H groups in total. The van der Waals surface area contributed by atoms with Crippen LogP contribution in [-0.2, 0) is 23.8 Å². The van der Waals surface area contributed by atoms with Crippen molar-refractivity contribution < 1.29 is 75.1 Å². The molecule has 324 valence electrons. The Bertz CT molecular complexity index is 1400. The summed E-state index contributed by atoms with van der Waals surface area (Å²) < 4.78 is 23.9. The summed E-state index contributed by atoms with van der Waals surface area (Å²) in [6, 6.07) is 0. The lowest BCUT2D eigenvalue weighted by atomic mass is 9.34. The van der Waals surface area contributed by atoms with Gasteiger partial charge < -0.3 is 64.9 Å². The van der Waals surface area contributed by atoms with Gasteiger partial charge in [0.15, 0.2) is 12.6 Å². The first kappa shape index (κ1) is 44.7. The quantitative estimate of drug-likeness (QED) is 0.0802. The van der Waals surface area contributed by atoms with Gasteiger partial charge in [0, 0.05) is 0 Å². The first-order valence-electron chi connectivity index (χ1n) is 20.6. The number of rotatable bonds is 11. The predicted octanol–water partition coefficient (Wildman–Crippen LogP) is 1.23. The van der Waals surface area contributed by atoms with Crippen molar-refractivity contribution in [1.82, 2.24) is 0 Å². The van der Waals surface area contributed by atoms with Crippen LogP contribution in [0.1, 0.15) is 99.8 Å². The largest absolute Gasteiger partial charge is 0.393 e. The van der Waals surface area contributed by atoms with Gasteiger partial charge in [-0.3, -0.25) is 5.26 Å². The van der Waals surface area contributed by atoms with E-state index in [2.05, 4.69) is 41.2 Å². The summed E-state index contributed by atoms with van der Waals surface area (Å²) in [7, 11) is 0. The lowest BCUT2D eigenvalue weighted by molar-refractivity contribution is -0.347.